The zero-order valence-electron chi connectivity index (χ0n) is 10.6. The summed E-state index contributed by atoms with van der Waals surface area (Å²) in [5.74, 6) is -0.278. The highest BCUT2D eigenvalue weighted by molar-refractivity contribution is 6.31. The fourth-order valence-corrected chi connectivity index (χ4v) is 3.02. The van der Waals surface area contributed by atoms with E-state index < -0.39 is 0 Å². The van der Waals surface area contributed by atoms with Crippen LogP contribution in [0, 0.1) is 5.82 Å². The van der Waals surface area contributed by atoms with Crippen LogP contribution in [0.3, 0.4) is 0 Å². The van der Waals surface area contributed by atoms with E-state index >= 15 is 0 Å². The van der Waals surface area contributed by atoms with Gasteiger partial charge in [0.1, 0.15) is 5.82 Å². The summed E-state index contributed by atoms with van der Waals surface area (Å²) < 4.78 is 18.9. The normalized spacial score (nSPS) is 20.0. The Kier molecular flexibility index (Phi) is 4.25. The van der Waals surface area contributed by atoms with E-state index in [0.717, 1.165) is 31.2 Å². The predicted molar refractivity (Wildman–Crippen MR) is 71.3 cm³/mol. The Morgan fingerprint density at radius 1 is 1.44 bits per heavy atom. The number of hydrogen-bond donors (Lipinski definition) is 1. The molecule has 0 aliphatic heterocycles. The molecule has 1 fully saturated rings. The topological polar surface area (TPSA) is 35.2 Å². The van der Waals surface area contributed by atoms with Crippen LogP contribution >= 0.6 is 11.6 Å². The van der Waals surface area contributed by atoms with Gasteiger partial charge in [0.25, 0.3) is 0 Å². The quantitative estimate of drug-likeness (QED) is 0.912. The van der Waals surface area contributed by atoms with Crippen LogP contribution in [0.15, 0.2) is 18.2 Å². The first kappa shape index (κ1) is 13.8. The highest BCUT2D eigenvalue weighted by atomic mass is 35.5. The van der Waals surface area contributed by atoms with E-state index in [2.05, 4.69) is 0 Å². The van der Waals surface area contributed by atoms with Crippen LogP contribution in [0.2, 0.25) is 5.02 Å². The fourth-order valence-electron chi connectivity index (χ4n) is 2.82. The summed E-state index contributed by atoms with van der Waals surface area (Å²) in [4.78, 5) is 0. The van der Waals surface area contributed by atoms with Crippen molar-refractivity contribution in [2.75, 3.05) is 7.11 Å². The monoisotopic (exact) mass is 271 g/mol. The van der Waals surface area contributed by atoms with Crippen molar-refractivity contribution in [2.24, 2.45) is 5.73 Å². The molecule has 2 N–H and O–H groups in total. The summed E-state index contributed by atoms with van der Waals surface area (Å²) in [5, 5.41) is 0.566. The first-order valence-corrected chi connectivity index (χ1v) is 6.70. The van der Waals surface area contributed by atoms with Gasteiger partial charge in [0, 0.05) is 18.2 Å². The van der Waals surface area contributed by atoms with Crippen LogP contribution in [0.4, 0.5) is 4.39 Å². The number of rotatable bonds is 4. The van der Waals surface area contributed by atoms with E-state index in [0.29, 0.717) is 11.4 Å². The van der Waals surface area contributed by atoms with Crippen LogP contribution in [0.5, 0.6) is 0 Å². The largest absolute Gasteiger partial charge is 0.377 e. The van der Waals surface area contributed by atoms with Crippen LogP contribution in [0.1, 0.15) is 31.2 Å². The predicted octanol–water partition coefficient (Wildman–Crippen LogP) is 3.31. The average molecular weight is 272 g/mol. The number of hydrogen-bond acceptors (Lipinski definition) is 2. The lowest BCUT2D eigenvalue weighted by Gasteiger charge is -2.34. The van der Waals surface area contributed by atoms with Gasteiger partial charge in [0.2, 0.25) is 0 Å². The molecule has 4 heteroatoms. The third kappa shape index (κ3) is 2.68. The molecule has 1 aliphatic carbocycles. The zero-order valence-corrected chi connectivity index (χ0v) is 11.3. The van der Waals surface area contributed by atoms with E-state index in [-0.39, 0.29) is 17.5 Å². The molecule has 1 aromatic rings. The third-order valence-electron chi connectivity index (χ3n) is 3.98. The van der Waals surface area contributed by atoms with E-state index in [1.54, 1.807) is 13.2 Å². The van der Waals surface area contributed by atoms with Gasteiger partial charge in [-0.15, -0.1) is 0 Å². The van der Waals surface area contributed by atoms with E-state index in [4.69, 9.17) is 22.1 Å². The highest BCUT2D eigenvalue weighted by Gasteiger charge is 2.39. The number of benzene rings is 1. The average Bonchev–Trinajstić information content (AvgIpc) is 2.84. The standard InChI is InChI=1S/C14H19ClFNO/c1-18-14(6-2-3-7-14)13(17)9-10-8-11(16)4-5-12(10)15/h4-5,8,13H,2-3,6-7,9,17H2,1H3. The lowest BCUT2D eigenvalue weighted by atomic mass is 9.88. The highest BCUT2D eigenvalue weighted by Crippen LogP contribution is 2.36. The molecular formula is C14H19ClFNO. The van der Waals surface area contributed by atoms with Crippen molar-refractivity contribution >= 4 is 11.6 Å². The van der Waals surface area contributed by atoms with Crippen LogP contribution < -0.4 is 5.73 Å². The van der Waals surface area contributed by atoms with Crippen molar-refractivity contribution in [3.05, 3.63) is 34.6 Å². The molecule has 18 heavy (non-hydrogen) atoms. The number of halogens is 2. The van der Waals surface area contributed by atoms with Crippen molar-refractivity contribution in [3.63, 3.8) is 0 Å². The minimum atomic E-state index is -0.278. The summed E-state index contributed by atoms with van der Waals surface area (Å²) in [6.45, 7) is 0. The second kappa shape index (κ2) is 5.55. The van der Waals surface area contributed by atoms with Gasteiger partial charge in [-0.05, 0) is 43.0 Å². The molecule has 0 radical (unpaired) electrons. The minimum absolute atomic E-state index is 0.149. The first-order chi connectivity index (χ1) is 8.57. The molecule has 1 aliphatic rings. The summed E-state index contributed by atoms with van der Waals surface area (Å²) in [6.07, 6.45) is 4.76. The number of methoxy groups -OCH3 is 1. The number of ether oxygens (including phenoxy) is 1. The van der Waals surface area contributed by atoms with Gasteiger partial charge in [0.05, 0.1) is 5.60 Å². The molecule has 0 amide bonds. The molecule has 1 atom stereocenters. The fraction of sp³-hybridized carbons (Fsp3) is 0.571. The number of nitrogens with two attached hydrogens (primary N) is 1. The zero-order chi connectivity index (χ0) is 13.2. The van der Waals surface area contributed by atoms with Crippen LogP contribution in [-0.4, -0.2) is 18.8 Å². The molecule has 0 heterocycles. The van der Waals surface area contributed by atoms with Crippen molar-refractivity contribution in [3.8, 4) is 0 Å². The Morgan fingerprint density at radius 3 is 2.72 bits per heavy atom. The van der Waals surface area contributed by atoms with Crippen molar-refractivity contribution in [1.29, 1.82) is 0 Å². The van der Waals surface area contributed by atoms with Gasteiger partial charge < -0.3 is 10.5 Å². The van der Waals surface area contributed by atoms with Crippen LogP contribution in [0.25, 0.3) is 0 Å². The van der Waals surface area contributed by atoms with Gasteiger partial charge in [-0.1, -0.05) is 24.4 Å². The Balaban J connectivity index is 2.15. The minimum Gasteiger partial charge on any atom is -0.377 e. The lowest BCUT2D eigenvalue weighted by Crippen LogP contribution is -2.48. The Bertz CT molecular complexity index is 418. The summed E-state index contributed by atoms with van der Waals surface area (Å²) >= 11 is 6.07. The molecule has 2 rings (SSSR count). The van der Waals surface area contributed by atoms with Gasteiger partial charge in [-0.3, -0.25) is 0 Å². The molecule has 0 aromatic heterocycles. The molecule has 0 spiro atoms. The Hall–Kier alpha value is -0.640. The molecule has 1 aromatic carbocycles. The van der Waals surface area contributed by atoms with Crippen molar-refractivity contribution in [1.82, 2.24) is 0 Å². The second-order valence-electron chi connectivity index (χ2n) is 5.02. The molecule has 2 nitrogen and oxygen atoms in total. The Labute approximate surface area is 112 Å². The molecule has 100 valence electrons. The van der Waals surface area contributed by atoms with Crippen molar-refractivity contribution in [2.45, 2.75) is 43.7 Å². The molecule has 1 unspecified atom stereocenters. The summed E-state index contributed by atoms with van der Waals surface area (Å²) in [5.41, 5.74) is 6.76. The SMILES string of the molecule is COC1(C(N)Cc2cc(F)ccc2Cl)CCCC1. The van der Waals surface area contributed by atoms with Crippen molar-refractivity contribution < 1.29 is 9.13 Å². The van der Waals surface area contributed by atoms with E-state index in [9.17, 15) is 4.39 Å². The van der Waals surface area contributed by atoms with Gasteiger partial charge in [-0.2, -0.15) is 0 Å². The van der Waals surface area contributed by atoms with Gasteiger partial charge >= 0.3 is 0 Å². The third-order valence-corrected chi connectivity index (χ3v) is 4.35. The van der Waals surface area contributed by atoms with E-state index in [1.165, 1.54) is 12.1 Å². The lowest BCUT2D eigenvalue weighted by molar-refractivity contribution is -0.0253. The maximum absolute atomic E-state index is 13.2. The maximum Gasteiger partial charge on any atom is 0.123 e. The maximum atomic E-state index is 13.2. The van der Waals surface area contributed by atoms with Crippen LogP contribution in [-0.2, 0) is 11.2 Å². The Morgan fingerprint density at radius 2 is 2.11 bits per heavy atom. The van der Waals surface area contributed by atoms with Gasteiger partial charge in [-0.25, -0.2) is 4.39 Å². The first-order valence-electron chi connectivity index (χ1n) is 6.32. The molecular weight excluding hydrogens is 253 g/mol. The molecule has 0 bridgehead atoms. The van der Waals surface area contributed by atoms with Gasteiger partial charge in [0.15, 0.2) is 0 Å². The second-order valence-corrected chi connectivity index (χ2v) is 5.43. The van der Waals surface area contributed by atoms with E-state index in [1.807, 2.05) is 0 Å². The summed E-state index contributed by atoms with van der Waals surface area (Å²) in [7, 11) is 1.71. The molecule has 0 saturated heterocycles. The smallest absolute Gasteiger partial charge is 0.123 e. The molecule has 1 saturated carbocycles. The summed E-state index contributed by atoms with van der Waals surface area (Å²) in [6, 6.07) is 4.25.